The van der Waals surface area contributed by atoms with Gasteiger partial charge in [-0.25, -0.2) is 0 Å². The largest absolute Gasteiger partial charge is 0.375 e. The van der Waals surface area contributed by atoms with Gasteiger partial charge in [-0.05, 0) is 111 Å². The zero-order valence-corrected chi connectivity index (χ0v) is 19.2. The van der Waals surface area contributed by atoms with Crippen molar-refractivity contribution in [2.75, 3.05) is 0 Å². The number of hydrogen-bond acceptors (Lipinski definition) is 4. The Morgan fingerprint density at radius 3 is 2.38 bits per heavy atom. The van der Waals surface area contributed by atoms with E-state index in [0.717, 1.165) is 42.9 Å². The minimum Gasteiger partial charge on any atom is -0.375 e. The fourth-order valence-electron chi connectivity index (χ4n) is 7.39. The summed E-state index contributed by atoms with van der Waals surface area (Å²) in [6.07, 6.45) is 10.8. The summed E-state index contributed by atoms with van der Waals surface area (Å²) in [6, 6.07) is 0. The van der Waals surface area contributed by atoms with Crippen molar-refractivity contribution in [2.24, 2.45) is 56.2 Å². The standard InChI is InChI=1S/C21H34N6S2/c1-20-9-7-13(24-26-18(22)28)11-12(20)3-4-14-15-5-6-17(25-27-19(23)29)21(15,2)10-8-16(14)20/h12,14-16H,3-11H2,1-2H3,(H3,22,26,28)(H3,23,27,29)/t12-,14+,15-,16+,20-,21-/m0/s1. The highest BCUT2D eigenvalue weighted by Gasteiger charge is 2.59. The molecule has 8 heteroatoms. The van der Waals surface area contributed by atoms with Gasteiger partial charge in [-0.3, -0.25) is 10.9 Å². The summed E-state index contributed by atoms with van der Waals surface area (Å²) in [6.45, 7) is 5.00. The van der Waals surface area contributed by atoms with Crippen LogP contribution in [0.4, 0.5) is 0 Å². The first-order chi connectivity index (χ1) is 13.7. The molecule has 4 fully saturated rings. The van der Waals surface area contributed by atoms with E-state index >= 15 is 0 Å². The molecular weight excluding hydrogens is 400 g/mol. The molecule has 6 atom stereocenters. The summed E-state index contributed by atoms with van der Waals surface area (Å²) in [4.78, 5) is 0. The third-order valence-electron chi connectivity index (χ3n) is 8.87. The molecule has 0 unspecified atom stereocenters. The predicted molar refractivity (Wildman–Crippen MR) is 126 cm³/mol. The fourth-order valence-corrected chi connectivity index (χ4v) is 7.48. The van der Waals surface area contributed by atoms with Crippen LogP contribution in [-0.2, 0) is 0 Å². The van der Waals surface area contributed by atoms with Gasteiger partial charge >= 0.3 is 0 Å². The molecule has 0 aromatic heterocycles. The molecule has 4 rings (SSSR count). The molecule has 0 radical (unpaired) electrons. The van der Waals surface area contributed by atoms with Gasteiger partial charge in [0.2, 0.25) is 0 Å². The van der Waals surface area contributed by atoms with Crippen LogP contribution in [0.3, 0.4) is 0 Å². The summed E-state index contributed by atoms with van der Waals surface area (Å²) >= 11 is 9.86. The average molecular weight is 435 g/mol. The molecule has 29 heavy (non-hydrogen) atoms. The van der Waals surface area contributed by atoms with Crippen LogP contribution in [0.5, 0.6) is 0 Å². The first-order valence-corrected chi connectivity index (χ1v) is 11.8. The molecule has 0 aromatic rings. The lowest BCUT2D eigenvalue weighted by atomic mass is 9.45. The molecule has 0 heterocycles. The van der Waals surface area contributed by atoms with Crippen LogP contribution in [0.15, 0.2) is 10.2 Å². The number of thiocarbonyl (C=S) groups is 2. The van der Waals surface area contributed by atoms with Gasteiger partial charge in [-0.2, -0.15) is 10.2 Å². The first-order valence-electron chi connectivity index (χ1n) is 11.0. The Bertz CT molecular complexity index is 764. The number of hydrazone groups is 2. The van der Waals surface area contributed by atoms with E-state index in [0.29, 0.717) is 5.41 Å². The minimum atomic E-state index is 0.199. The maximum Gasteiger partial charge on any atom is 0.184 e. The van der Waals surface area contributed by atoms with Crippen LogP contribution in [0.2, 0.25) is 0 Å². The van der Waals surface area contributed by atoms with E-state index in [1.165, 1.54) is 49.9 Å². The predicted octanol–water partition coefficient (Wildman–Crippen LogP) is 3.41. The second-order valence-electron chi connectivity index (χ2n) is 10.0. The topological polar surface area (TPSA) is 101 Å². The van der Waals surface area contributed by atoms with E-state index in [2.05, 4.69) is 34.9 Å². The molecule has 6 nitrogen and oxygen atoms in total. The van der Waals surface area contributed by atoms with Gasteiger partial charge in [0.15, 0.2) is 10.2 Å². The van der Waals surface area contributed by atoms with Crippen molar-refractivity contribution in [1.29, 1.82) is 0 Å². The van der Waals surface area contributed by atoms with E-state index in [1.54, 1.807) is 0 Å². The zero-order chi connectivity index (χ0) is 20.8. The Hall–Kier alpha value is -1.28. The maximum absolute atomic E-state index is 5.61. The van der Waals surface area contributed by atoms with E-state index in [9.17, 15) is 0 Å². The van der Waals surface area contributed by atoms with Crippen LogP contribution >= 0.6 is 24.4 Å². The van der Waals surface area contributed by atoms with E-state index in [-0.39, 0.29) is 15.6 Å². The Morgan fingerprint density at radius 2 is 1.66 bits per heavy atom. The van der Waals surface area contributed by atoms with Crippen molar-refractivity contribution < 1.29 is 0 Å². The van der Waals surface area contributed by atoms with Crippen LogP contribution in [0, 0.1) is 34.5 Å². The van der Waals surface area contributed by atoms with E-state index in [1.807, 2.05) is 0 Å². The van der Waals surface area contributed by atoms with Crippen LogP contribution < -0.4 is 22.3 Å². The minimum absolute atomic E-state index is 0.199. The molecule has 6 N–H and O–H groups in total. The lowest BCUT2D eigenvalue weighted by Crippen LogP contribution is -2.53. The smallest absolute Gasteiger partial charge is 0.184 e. The van der Waals surface area contributed by atoms with Gasteiger partial charge in [0.1, 0.15) is 0 Å². The lowest BCUT2D eigenvalue weighted by Gasteiger charge is -2.59. The highest BCUT2D eigenvalue weighted by molar-refractivity contribution is 7.80. The van der Waals surface area contributed by atoms with Gasteiger partial charge in [0.05, 0.1) is 0 Å². The second kappa shape index (κ2) is 7.76. The van der Waals surface area contributed by atoms with Crippen LogP contribution in [0.25, 0.3) is 0 Å². The SMILES string of the molecule is C[C@]12CCC(=NNC(N)=S)C[C@@H]1CC[C@H]1[C@H]2CC[C@]2(C)C(=NNC(N)=S)CC[C@@H]12. The van der Waals surface area contributed by atoms with Crippen molar-refractivity contribution in [3.05, 3.63) is 0 Å². The molecule has 160 valence electrons. The monoisotopic (exact) mass is 434 g/mol. The number of nitrogens with two attached hydrogens (primary N) is 2. The number of rotatable bonds is 2. The van der Waals surface area contributed by atoms with Crippen LogP contribution in [-0.4, -0.2) is 21.6 Å². The lowest BCUT2D eigenvalue weighted by molar-refractivity contribution is -0.0815. The maximum atomic E-state index is 5.61. The van der Waals surface area contributed by atoms with Crippen molar-refractivity contribution in [3.63, 3.8) is 0 Å². The van der Waals surface area contributed by atoms with Crippen LogP contribution in [0.1, 0.15) is 71.6 Å². The van der Waals surface area contributed by atoms with Gasteiger partial charge in [0, 0.05) is 16.8 Å². The quantitative estimate of drug-likeness (QED) is 0.392. The van der Waals surface area contributed by atoms with Crippen molar-refractivity contribution in [3.8, 4) is 0 Å². The number of nitrogens with one attached hydrogen (secondary N) is 2. The Balaban J connectivity index is 1.51. The summed E-state index contributed by atoms with van der Waals surface area (Å²) in [5, 5.41) is 9.61. The molecule has 0 aromatic carbocycles. The molecule has 0 spiro atoms. The molecule has 0 bridgehead atoms. The second-order valence-corrected chi connectivity index (χ2v) is 10.9. The summed E-state index contributed by atoms with van der Waals surface area (Å²) in [7, 11) is 0. The normalized spacial score (nSPS) is 43.9. The number of fused-ring (bicyclic) bond motifs is 5. The van der Waals surface area contributed by atoms with Crippen molar-refractivity contribution in [2.45, 2.75) is 71.6 Å². The average Bonchev–Trinajstić information content (AvgIpc) is 3.01. The Labute approximate surface area is 184 Å². The van der Waals surface area contributed by atoms with Gasteiger partial charge in [0.25, 0.3) is 0 Å². The molecule has 4 aliphatic rings. The van der Waals surface area contributed by atoms with Gasteiger partial charge in [-0.15, -0.1) is 0 Å². The third kappa shape index (κ3) is 3.67. The first kappa shape index (κ1) is 21.0. The number of nitrogens with zero attached hydrogens (tertiary/aromatic N) is 2. The highest BCUT2D eigenvalue weighted by atomic mass is 32.1. The highest BCUT2D eigenvalue weighted by Crippen LogP contribution is 2.65. The summed E-state index contributed by atoms with van der Waals surface area (Å²) in [5.41, 5.74) is 20.0. The molecule has 0 saturated heterocycles. The molecule has 4 saturated carbocycles. The zero-order valence-electron chi connectivity index (χ0n) is 17.5. The Morgan fingerprint density at radius 1 is 0.931 bits per heavy atom. The third-order valence-corrected chi connectivity index (χ3v) is 9.05. The van der Waals surface area contributed by atoms with Gasteiger partial charge in [-0.1, -0.05) is 13.8 Å². The van der Waals surface area contributed by atoms with E-state index < -0.39 is 0 Å². The fraction of sp³-hybridized carbons (Fsp3) is 0.810. The molecule has 0 amide bonds. The van der Waals surface area contributed by atoms with Gasteiger partial charge < -0.3 is 11.5 Å². The molecule has 4 aliphatic carbocycles. The summed E-state index contributed by atoms with van der Waals surface area (Å²) in [5.74, 6) is 3.07. The van der Waals surface area contributed by atoms with E-state index in [4.69, 9.17) is 35.9 Å². The molecule has 0 aliphatic heterocycles. The molecular formula is C21H34N6S2. The van der Waals surface area contributed by atoms with Crippen molar-refractivity contribution >= 4 is 46.1 Å². The number of hydrogen-bond donors (Lipinski definition) is 4. The van der Waals surface area contributed by atoms with Crippen molar-refractivity contribution in [1.82, 2.24) is 10.9 Å². The Kier molecular flexibility index (Phi) is 5.61. The summed E-state index contributed by atoms with van der Waals surface area (Å²) < 4.78 is 0.